The van der Waals surface area contributed by atoms with Crippen molar-refractivity contribution in [2.24, 2.45) is 4.99 Å². The largest absolute Gasteiger partial charge is 0.366 e. The molecule has 0 saturated heterocycles. The minimum Gasteiger partial charge on any atom is -0.366 e. The lowest BCUT2D eigenvalue weighted by molar-refractivity contribution is 0.552. The number of hydrogen-bond acceptors (Lipinski definition) is 5. The van der Waals surface area contributed by atoms with Crippen molar-refractivity contribution < 1.29 is 0 Å². The normalized spacial score (nSPS) is 11.3. The van der Waals surface area contributed by atoms with Crippen molar-refractivity contribution in [2.45, 2.75) is 34.1 Å². The molecule has 0 aliphatic rings. The van der Waals surface area contributed by atoms with Gasteiger partial charge in [-0.05, 0) is 62.6 Å². The predicted molar refractivity (Wildman–Crippen MR) is 113 cm³/mol. The van der Waals surface area contributed by atoms with Crippen molar-refractivity contribution in [3.8, 4) is 11.4 Å². The second kappa shape index (κ2) is 8.39. The molecule has 3 rings (SSSR count). The van der Waals surface area contributed by atoms with Gasteiger partial charge in [-0.3, -0.25) is 0 Å². The molecule has 0 atom stereocenters. The lowest BCUT2D eigenvalue weighted by Crippen LogP contribution is -2.14. The smallest absolute Gasteiger partial charge is 0.112 e. The highest BCUT2D eigenvalue weighted by atomic mass is 32.1. The van der Waals surface area contributed by atoms with Crippen LogP contribution in [0.15, 0.2) is 34.6 Å². The van der Waals surface area contributed by atoms with Crippen molar-refractivity contribution >= 4 is 23.4 Å². The van der Waals surface area contributed by atoms with Gasteiger partial charge in [0.25, 0.3) is 0 Å². The average Bonchev–Trinajstić information content (AvgIpc) is 3.12. The molecule has 27 heavy (non-hydrogen) atoms. The van der Waals surface area contributed by atoms with Crippen LogP contribution < -0.4 is 0 Å². The molecular weight excluding hydrogens is 354 g/mol. The van der Waals surface area contributed by atoms with Crippen LogP contribution in [0, 0.1) is 20.8 Å². The van der Waals surface area contributed by atoms with Gasteiger partial charge < -0.3 is 4.90 Å². The highest BCUT2D eigenvalue weighted by molar-refractivity contribution is 7.10. The molecule has 0 spiro atoms. The fourth-order valence-corrected chi connectivity index (χ4v) is 3.45. The van der Waals surface area contributed by atoms with Gasteiger partial charge in [-0.15, -0.1) is 16.4 Å². The Balaban J connectivity index is 1.79. The van der Waals surface area contributed by atoms with Crippen molar-refractivity contribution in [1.82, 2.24) is 20.1 Å². The Kier molecular flexibility index (Phi) is 5.96. The lowest BCUT2D eigenvalue weighted by atomic mass is 10.0. The molecular formula is C21H25N5S. The van der Waals surface area contributed by atoms with Crippen molar-refractivity contribution in [3.63, 3.8) is 0 Å². The molecule has 0 unspecified atom stereocenters. The van der Waals surface area contributed by atoms with Crippen LogP contribution in [-0.4, -0.2) is 40.0 Å². The van der Waals surface area contributed by atoms with Crippen LogP contribution >= 0.6 is 11.3 Å². The molecule has 1 aromatic carbocycles. The Morgan fingerprint density at radius 3 is 2.59 bits per heavy atom. The van der Waals surface area contributed by atoms with Crippen LogP contribution in [0.2, 0.25) is 0 Å². The van der Waals surface area contributed by atoms with E-state index in [-0.39, 0.29) is 0 Å². The van der Waals surface area contributed by atoms with Gasteiger partial charge >= 0.3 is 0 Å². The zero-order valence-corrected chi connectivity index (χ0v) is 17.3. The number of rotatable bonds is 6. The standard InChI is InChI=1S/C21H25N5S/c1-6-26(5)13-22-19-10-14(2)17(9-15(19)3)11-21-23-20(12-27-21)18-8-7-16(4)24-25-18/h7-10,12-13H,6,11H2,1-5H3. The molecule has 0 fully saturated rings. The van der Waals surface area contributed by atoms with Gasteiger partial charge in [-0.2, -0.15) is 5.10 Å². The van der Waals surface area contributed by atoms with Crippen molar-refractivity contribution in [3.05, 3.63) is 57.0 Å². The second-order valence-electron chi connectivity index (χ2n) is 6.75. The summed E-state index contributed by atoms with van der Waals surface area (Å²) in [5.41, 5.74) is 7.34. The molecule has 0 saturated carbocycles. The molecule has 0 bridgehead atoms. The summed E-state index contributed by atoms with van der Waals surface area (Å²) in [6.45, 7) is 9.23. The Morgan fingerprint density at radius 1 is 1.07 bits per heavy atom. The van der Waals surface area contributed by atoms with Crippen molar-refractivity contribution in [2.75, 3.05) is 13.6 Å². The second-order valence-corrected chi connectivity index (χ2v) is 7.69. The van der Waals surface area contributed by atoms with Gasteiger partial charge in [0.1, 0.15) is 11.4 Å². The van der Waals surface area contributed by atoms with E-state index in [9.17, 15) is 0 Å². The van der Waals surface area contributed by atoms with E-state index in [0.29, 0.717) is 0 Å². The number of thiazole rings is 1. The molecule has 2 heterocycles. The maximum absolute atomic E-state index is 4.75. The average molecular weight is 380 g/mol. The van der Waals surface area contributed by atoms with E-state index in [0.717, 1.165) is 40.7 Å². The minimum atomic E-state index is 0.815. The first kappa shape index (κ1) is 19.2. The fraction of sp³-hybridized carbons (Fsp3) is 0.333. The third-order valence-corrected chi connectivity index (χ3v) is 5.35. The lowest BCUT2D eigenvalue weighted by Gasteiger charge is -2.11. The van der Waals surface area contributed by atoms with E-state index in [1.807, 2.05) is 32.4 Å². The number of aliphatic imine (C=N–C) groups is 1. The molecule has 0 aliphatic heterocycles. The Bertz CT molecular complexity index is 944. The van der Waals surface area contributed by atoms with Crippen LogP contribution in [-0.2, 0) is 6.42 Å². The van der Waals surface area contributed by atoms with Crippen LogP contribution in [0.5, 0.6) is 0 Å². The molecule has 0 aliphatic carbocycles. The quantitative estimate of drug-likeness (QED) is 0.459. The first-order chi connectivity index (χ1) is 13.0. The van der Waals surface area contributed by atoms with Crippen LogP contribution in [0.25, 0.3) is 11.4 Å². The highest BCUT2D eigenvalue weighted by Crippen LogP contribution is 2.27. The summed E-state index contributed by atoms with van der Waals surface area (Å²) in [5, 5.41) is 11.5. The number of benzene rings is 1. The Hall–Kier alpha value is -2.60. The van der Waals surface area contributed by atoms with E-state index >= 15 is 0 Å². The van der Waals surface area contributed by atoms with Gasteiger partial charge in [0.05, 0.1) is 22.7 Å². The zero-order chi connectivity index (χ0) is 19.4. The molecule has 0 N–H and O–H groups in total. The number of nitrogens with zero attached hydrogens (tertiary/aromatic N) is 5. The van der Waals surface area contributed by atoms with E-state index in [1.165, 1.54) is 16.7 Å². The predicted octanol–water partition coefficient (Wildman–Crippen LogP) is 4.73. The van der Waals surface area contributed by atoms with Gasteiger partial charge in [-0.1, -0.05) is 6.07 Å². The fourth-order valence-electron chi connectivity index (χ4n) is 2.64. The Labute approximate surface area is 164 Å². The summed E-state index contributed by atoms with van der Waals surface area (Å²) in [7, 11) is 2.03. The van der Waals surface area contributed by atoms with Crippen LogP contribution in [0.1, 0.15) is 34.3 Å². The zero-order valence-electron chi connectivity index (χ0n) is 16.5. The molecule has 5 nitrogen and oxygen atoms in total. The molecule has 2 aromatic heterocycles. The number of aryl methyl sites for hydroxylation is 3. The molecule has 6 heteroatoms. The third-order valence-electron chi connectivity index (χ3n) is 4.50. The van der Waals surface area contributed by atoms with Gasteiger partial charge in [0.2, 0.25) is 0 Å². The Morgan fingerprint density at radius 2 is 1.89 bits per heavy atom. The van der Waals surface area contributed by atoms with E-state index in [4.69, 9.17) is 4.98 Å². The van der Waals surface area contributed by atoms with Gasteiger partial charge in [0.15, 0.2) is 0 Å². The third kappa shape index (κ3) is 4.77. The SMILES string of the molecule is CCN(C)C=Nc1cc(C)c(Cc2nc(-c3ccc(C)nn3)cs2)cc1C. The van der Waals surface area contributed by atoms with Crippen molar-refractivity contribution in [1.29, 1.82) is 0 Å². The maximum atomic E-state index is 4.75. The summed E-state index contributed by atoms with van der Waals surface area (Å²) in [5.74, 6) is 0. The summed E-state index contributed by atoms with van der Waals surface area (Å²) < 4.78 is 0. The van der Waals surface area contributed by atoms with Gasteiger partial charge in [0, 0.05) is 25.4 Å². The number of aromatic nitrogens is 3. The monoisotopic (exact) mass is 379 g/mol. The van der Waals surface area contributed by atoms with E-state index in [2.05, 4.69) is 58.4 Å². The van der Waals surface area contributed by atoms with E-state index in [1.54, 1.807) is 11.3 Å². The summed E-state index contributed by atoms with van der Waals surface area (Å²) in [4.78, 5) is 11.4. The molecule has 0 radical (unpaired) electrons. The summed E-state index contributed by atoms with van der Waals surface area (Å²) in [6, 6.07) is 8.31. The highest BCUT2D eigenvalue weighted by Gasteiger charge is 2.10. The van der Waals surface area contributed by atoms with Crippen LogP contribution in [0.4, 0.5) is 5.69 Å². The van der Waals surface area contributed by atoms with Crippen LogP contribution in [0.3, 0.4) is 0 Å². The minimum absolute atomic E-state index is 0.815. The molecule has 140 valence electrons. The summed E-state index contributed by atoms with van der Waals surface area (Å²) in [6.07, 6.45) is 2.70. The first-order valence-electron chi connectivity index (χ1n) is 9.06. The molecule has 3 aromatic rings. The molecule has 0 amide bonds. The maximum Gasteiger partial charge on any atom is 0.112 e. The van der Waals surface area contributed by atoms with Gasteiger partial charge in [-0.25, -0.2) is 9.98 Å². The first-order valence-corrected chi connectivity index (χ1v) is 9.94. The summed E-state index contributed by atoms with van der Waals surface area (Å²) >= 11 is 1.66. The number of hydrogen-bond donors (Lipinski definition) is 0. The van der Waals surface area contributed by atoms with E-state index < -0.39 is 0 Å². The topological polar surface area (TPSA) is 54.3 Å².